The molecule has 4 nitrogen and oxygen atoms in total. The molecular formula is C8H14FNO3S. The number of hydrogen-bond acceptors (Lipinski definition) is 3. The Labute approximate surface area is 86.2 Å². The van der Waals surface area contributed by atoms with Crippen molar-refractivity contribution in [2.45, 2.75) is 18.9 Å². The number of rotatable bonds is 7. The zero-order valence-corrected chi connectivity index (χ0v) is 8.77. The van der Waals surface area contributed by atoms with Crippen molar-refractivity contribution >= 4 is 23.6 Å². The summed E-state index contributed by atoms with van der Waals surface area (Å²) < 4.78 is 12.1. The zero-order chi connectivity index (χ0) is 11.0. The van der Waals surface area contributed by atoms with Gasteiger partial charge in [-0.3, -0.25) is 4.79 Å². The third kappa shape index (κ3) is 5.80. The molecule has 1 atom stereocenters. The number of halogens is 1. The first-order valence-corrected chi connectivity index (χ1v) is 5.58. The van der Waals surface area contributed by atoms with Crippen LogP contribution in [0.4, 0.5) is 4.39 Å². The van der Waals surface area contributed by atoms with Gasteiger partial charge in [0.1, 0.15) is 6.67 Å². The third-order valence-corrected chi connectivity index (χ3v) is 2.24. The minimum atomic E-state index is -1.41. The van der Waals surface area contributed by atoms with Crippen molar-refractivity contribution in [3.05, 3.63) is 0 Å². The predicted molar refractivity (Wildman–Crippen MR) is 53.2 cm³/mol. The Morgan fingerprint density at radius 2 is 2.21 bits per heavy atom. The smallest absolute Gasteiger partial charge is 0.328 e. The van der Waals surface area contributed by atoms with E-state index in [1.165, 1.54) is 0 Å². The highest BCUT2D eigenvalue weighted by molar-refractivity contribution is 7.98. The van der Waals surface area contributed by atoms with Crippen LogP contribution in [0.25, 0.3) is 0 Å². The molecule has 0 saturated carbocycles. The molecule has 0 rings (SSSR count). The van der Waals surface area contributed by atoms with Crippen LogP contribution in [0.15, 0.2) is 0 Å². The van der Waals surface area contributed by atoms with Crippen molar-refractivity contribution in [1.82, 2.24) is 5.32 Å². The number of nitrogens with one attached hydrogen (secondary N) is 1. The van der Waals surface area contributed by atoms with E-state index in [2.05, 4.69) is 5.32 Å². The molecule has 2 N–H and O–H groups in total. The van der Waals surface area contributed by atoms with Crippen LogP contribution in [0.5, 0.6) is 0 Å². The van der Waals surface area contributed by atoms with Gasteiger partial charge in [-0.05, 0) is 18.4 Å². The fourth-order valence-corrected chi connectivity index (χ4v) is 1.24. The van der Waals surface area contributed by atoms with E-state index < -0.39 is 24.6 Å². The molecule has 0 aliphatic rings. The maximum absolute atomic E-state index is 12.1. The minimum Gasteiger partial charge on any atom is -0.480 e. The van der Waals surface area contributed by atoms with Crippen LogP contribution in [0.3, 0.4) is 0 Å². The minimum absolute atomic E-state index is 0.241. The molecule has 0 fully saturated rings. The van der Waals surface area contributed by atoms with Gasteiger partial charge in [0.15, 0.2) is 6.04 Å². The summed E-state index contributed by atoms with van der Waals surface area (Å²) >= 11 is 1.60. The lowest BCUT2D eigenvalue weighted by atomic mass is 10.2. The number of alkyl halides is 1. The molecule has 0 radical (unpaired) electrons. The van der Waals surface area contributed by atoms with Gasteiger partial charge in [-0.15, -0.1) is 0 Å². The van der Waals surface area contributed by atoms with Crippen LogP contribution in [0, 0.1) is 0 Å². The van der Waals surface area contributed by atoms with Crippen LogP contribution in [0.1, 0.15) is 12.8 Å². The van der Waals surface area contributed by atoms with Crippen LogP contribution in [-0.4, -0.2) is 41.7 Å². The van der Waals surface area contributed by atoms with Crippen LogP contribution >= 0.6 is 11.8 Å². The average molecular weight is 223 g/mol. The number of carboxylic acid groups (broad SMARTS) is 1. The highest BCUT2D eigenvalue weighted by atomic mass is 32.2. The normalized spacial score (nSPS) is 12.1. The van der Waals surface area contributed by atoms with E-state index in [9.17, 15) is 14.0 Å². The number of carbonyl (C=O) groups excluding carboxylic acids is 1. The number of hydrogen-bond donors (Lipinski definition) is 2. The second-order valence-corrected chi connectivity index (χ2v) is 3.69. The van der Waals surface area contributed by atoms with E-state index >= 15 is 0 Å². The Kier molecular flexibility index (Phi) is 7.18. The molecule has 0 aromatic heterocycles. The van der Waals surface area contributed by atoms with Crippen LogP contribution < -0.4 is 5.32 Å². The Morgan fingerprint density at radius 3 is 2.64 bits per heavy atom. The highest BCUT2D eigenvalue weighted by Crippen LogP contribution is 1.99. The molecule has 0 aromatic carbocycles. The number of thioether (sulfide) groups is 1. The largest absolute Gasteiger partial charge is 0.480 e. The topological polar surface area (TPSA) is 66.4 Å². The highest BCUT2D eigenvalue weighted by Gasteiger charge is 2.18. The van der Waals surface area contributed by atoms with E-state index in [0.29, 0.717) is 6.42 Å². The summed E-state index contributed by atoms with van der Waals surface area (Å²) in [6, 6.07) is -1.41. The molecule has 0 bridgehead atoms. The number of aliphatic carboxylic acids is 1. The van der Waals surface area contributed by atoms with Gasteiger partial charge in [0, 0.05) is 6.42 Å². The first kappa shape index (κ1) is 13.2. The first-order chi connectivity index (χ1) is 6.61. The summed E-state index contributed by atoms with van der Waals surface area (Å²) in [5.41, 5.74) is 0. The van der Waals surface area contributed by atoms with Gasteiger partial charge in [0.2, 0.25) is 5.91 Å². The lowest BCUT2D eigenvalue weighted by Gasteiger charge is -2.10. The van der Waals surface area contributed by atoms with E-state index in [1.54, 1.807) is 11.8 Å². The molecule has 82 valence electrons. The van der Waals surface area contributed by atoms with Crippen molar-refractivity contribution in [3.63, 3.8) is 0 Å². The SMILES string of the molecule is CSCCCC(=O)NC(CF)C(=O)O. The van der Waals surface area contributed by atoms with E-state index in [1.807, 2.05) is 6.26 Å². The first-order valence-electron chi connectivity index (χ1n) is 4.19. The summed E-state index contributed by atoms with van der Waals surface area (Å²) in [7, 11) is 0. The van der Waals surface area contributed by atoms with Crippen molar-refractivity contribution in [1.29, 1.82) is 0 Å². The van der Waals surface area contributed by atoms with Gasteiger partial charge < -0.3 is 10.4 Å². The van der Waals surface area contributed by atoms with Crippen LogP contribution in [-0.2, 0) is 9.59 Å². The Bertz CT molecular complexity index is 201. The zero-order valence-electron chi connectivity index (χ0n) is 7.96. The second-order valence-electron chi connectivity index (χ2n) is 2.71. The van der Waals surface area contributed by atoms with Gasteiger partial charge in [-0.25, -0.2) is 9.18 Å². The fourth-order valence-electron chi connectivity index (χ4n) is 0.810. The van der Waals surface area contributed by atoms with Crippen molar-refractivity contribution in [3.8, 4) is 0 Å². The lowest BCUT2D eigenvalue weighted by Crippen LogP contribution is -2.42. The van der Waals surface area contributed by atoms with Gasteiger partial charge in [0.05, 0.1) is 0 Å². The second kappa shape index (κ2) is 7.61. The Morgan fingerprint density at radius 1 is 1.57 bits per heavy atom. The quantitative estimate of drug-likeness (QED) is 0.622. The Balaban J connectivity index is 3.74. The maximum atomic E-state index is 12.1. The van der Waals surface area contributed by atoms with Crippen molar-refractivity contribution in [2.24, 2.45) is 0 Å². The summed E-state index contributed by atoms with van der Waals surface area (Å²) in [6.07, 6.45) is 2.83. The van der Waals surface area contributed by atoms with E-state index in [-0.39, 0.29) is 6.42 Å². The summed E-state index contributed by atoms with van der Waals surface area (Å²) in [6.45, 7) is -1.08. The van der Waals surface area contributed by atoms with Gasteiger partial charge in [0.25, 0.3) is 0 Å². The van der Waals surface area contributed by atoms with Crippen LogP contribution in [0.2, 0.25) is 0 Å². The Hall–Kier alpha value is -0.780. The molecular weight excluding hydrogens is 209 g/mol. The molecule has 0 aliphatic heterocycles. The lowest BCUT2D eigenvalue weighted by molar-refractivity contribution is -0.142. The van der Waals surface area contributed by atoms with Gasteiger partial charge in [-0.1, -0.05) is 0 Å². The summed E-state index contributed by atoms with van der Waals surface area (Å²) in [5, 5.41) is 10.5. The molecule has 0 aliphatic carbocycles. The standard InChI is InChI=1S/C8H14FNO3S/c1-14-4-2-3-7(11)10-6(5-9)8(12)13/h6H,2-5H2,1H3,(H,10,11)(H,12,13). The number of carboxylic acids is 1. The number of amides is 1. The maximum Gasteiger partial charge on any atom is 0.328 e. The molecule has 0 aromatic rings. The van der Waals surface area contributed by atoms with E-state index in [4.69, 9.17) is 5.11 Å². The average Bonchev–Trinajstić information content (AvgIpc) is 2.14. The van der Waals surface area contributed by atoms with Gasteiger partial charge in [-0.2, -0.15) is 11.8 Å². The summed E-state index contributed by atoms with van der Waals surface area (Å²) in [4.78, 5) is 21.4. The molecule has 6 heteroatoms. The molecule has 14 heavy (non-hydrogen) atoms. The molecule has 1 amide bonds. The monoisotopic (exact) mass is 223 g/mol. The van der Waals surface area contributed by atoms with E-state index in [0.717, 1.165) is 5.75 Å². The number of carbonyl (C=O) groups is 2. The molecule has 0 spiro atoms. The molecule has 0 saturated heterocycles. The third-order valence-electron chi connectivity index (χ3n) is 1.54. The van der Waals surface area contributed by atoms with Crippen molar-refractivity contribution < 1.29 is 19.1 Å². The molecule has 1 unspecified atom stereocenters. The molecule has 0 heterocycles. The summed E-state index contributed by atoms with van der Waals surface area (Å²) in [5.74, 6) is -0.921. The fraction of sp³-hybridized carbons (Fsp3) is 0.750. The van der Waals surface area contributed by atoms with Crippen molar-refractivity contribution in [2.75, 3.05) is 18.7 Å². The van der Waals surface area contributed by atoms with Gasteiger partial charge >= 0.3 is 5.97 Å². The predicted octanol–water partition coefficient (Wildman–Crippen LogP) is 0.668.